The summed E-state index contributed by atoms with van der Waals surface area (Å²) in [6.07, 6.45) is 3.33. The summed E-state index contributed by atoms with van der Waals surface area (Å²) in [4.78, 5) is 14.8. The highest BCUT2D eigenvalue weighted by molar-refractivity contribution is 5.89. The Balaban J connectivity index is 2.12. The SMILES string of the molecule is O=C([O-])c1ccccc1OCc1cccnc1. The van der Waals surface area contributed by atoms with Crippen LogP contribution in [0.15, 0.2) is 48.8 Å². The topological polar surface area (TPSA) is 62.2 Å². The van der Waals surface area contributed by atoms with E-state index in [1.54, 1.807) is 36.7 Å². The van der Waals surface area contributed by atoms with Crippen molar-refractivity contribution < 1.29 is 14.6 Å². The smallest absolute Gasteiger partial charge is 0.128 e. The quantitative estimate of drug-likeness (QED) is 0.783. The van der Waals surface area contributed by atoms with Crippen molar-refractivity contribution in [1.82, 2.24) is 4.98 Å². The Kier molecular flexibility index (Phi) is 3.35. The maximum Gasteiger partial charge on any atom is 0.128 e. The van der Waals surface area contributed by atoms with Crippen molar-refractivity contribution in [2.45, 2.75) is 6.61 Å². The molecule has 86 valence electrons. The van der Waals surface area contributed by atoms with E-state index in [1.807, 2.05) is 6.07 Å². The Morgan fingerprint density at radius 2 is 2.06 bits per heavy atom. The Bertz CT molecular complexity index is 511. The molecule has 0 radical (unpaired) electrons. The highest BCUT2D eigenvalue weighted by Gasteiger charge is 2.03. The van der Waals surface area contributed by atoms with E-state index in [0.717, 1.165) is 5.56 Å². The fraction of sp³-hybridized carbons (Fsp3) is 0.0769. The molecular formula is C13H10NO3-. The molecule has 4 nitrogen and oxygen atoms in total. The molecule has 0 saturated heterocycles. The van der Waals surface area contributed by atoms with Gasteiger partial charge in [0, 0.05) is 23.5 Å². The number of aromatic carboxylic acids is 1. The molecule has 0 spiro atoms. The molecule has 1 aromatic carbocycles. The monoisotopic (exact) mass is 228 g/mol. The summed E-state index contributed by atoms with van der Waals surface area (Å²) in [6, 6.07) is 10.0. The van der Waals surface area contributed by atoms with Crippen molar-refractivity contribution in [2.75, 3.05) is 0 Å². The van der Waals surface area contributed by atoms with Crippen LogP contribution in [0.1, 0.15) is 15.9 Å². The fourth-order valence-electron chi connectivity index (χ4n) is 1.41. The molecule has 0 aliphatic carbocycles. The zero-order valence-electron chi connectivity index (χ0n) is 9.00. The second-order valence-corrected chi connectivity index (χ2v) is 3.43. The lowest BCUT2D eigenvalue weighted by molar-refractivity contribution is -0.255. The molecule has 2 rings (SSSR count). The van der Waals surface area contributed by atoms with Crippen LogP contribution >= 0.6 is 0 Å². The van der Waals surface area contributed by atoms with Gasteiger partial charge in [0.15, 0.2) is 0 Å². The fourth-order valence-corrected chi connectivity index (χ4v) is 1.41. The van der Waals surface area contributed by atoms with E-state index in [2.05, 4.69) is 4.98 Å². The summed E-state index contributed by atoms with van der Waals surface area (Å²) in [6.45, 7) is 0.276. The van der Waals surface area contributed by atoms with Crippen molar-refractivity contribution in [3.63, 3.8) is 0 Å². The highest BCUT2D eigenvalue weighted by atomic mass is 16.5. The van der Waals surface area contributed by atoms with Gasteiger partial charge < -0.3 is 14.6 Å². The number of benzene rings is 1. The van der Waals surface area contributed by atoms with E-state index in [9.17, 15) is 9.90 Å². The van der Waals surface area contributed by atoms with Crippen LogP contribution in [0, 0.1) is 0 Å². The third-order valence-corrected chi connectivity index (χ3v) is 2.22. The van der Waals surface area contributed by atoms with Gasteiger partial charge in [0.1, 0.15) is 12.4 Å². The molecule has 0 unspecified atom stereocenters. The average molecular weight is 228 g/mol. The van der Waals surface area contributed by atoms with Crippen molar-refractivity contribution in [3.05, 3.63) is 59.9 Å². The maximum absolute atomic E-state index is 10.8. The largest absolute Gasteiger partial charge is 0.545 e. The number of aromatic nitrogens is 1. The third-order valence-electron chi connectivity index (χ3n) is 2.22. The maximum atomic E-state index is 10.8. The molecule has 0 saturated carbocycles. The molecule has 2 aromatic rings. The zero-order valence-corrected chi connectivity index (χ0v) is 9.00. The highest BCUT2D eigenvalue weighted by Crippen LogP contribution is 2.18. The zero-order chi connectivity index (χ0) is 12.1. The molecule has 4 heteroatoms. The standard InChI is InChI=1S/C13H11NO3/c15-13(16)11-5-1-2-6-12(11)17-9-10-4-3-7-14-8-10/h1-8H,9H2,(H,15,16)/p-1. The number of nitrogens with zero attached hydrogens (tertiary/aromatic N) is 1. The first-order valence-electron chi connectivity index (χ1n) is 5.09. The molecule has 17 heavy (non-hydrogen) atoms. The summed E-state index contributed by atoms with van der Waals surface area (Å²) in [5, 5.41) is 10.8. The lowest BCUT2D eigenvalue weighted by atomic mass is 10.2. The number of pyridine rings is 1. The van der Waals surface area contributed by atoms with Crippen LogP contribution in [-0.4, -0.2) is 11.0 Å². The van der Waals surface area contributed by atoms with Crippen molar-refractivity contribution in [2.24, 2.45) is 0 Å². The van der Waals surface area contributed by atoms with E-state index in [4.69, 9.17) is 4.74 Å². The van der Waals surface area contributed by atoms with Crippen LogP contribution in [0.3, 0.4) is 0 Å². The number of carbonyl (C=O) groups excluding carboxylic acids is 1. The third kappa shape index (κ3) is 2.81. The molecular weight excluding hydrogens is 218 g/mol. The van der Waals surface area contributed by atoms with Gasteiger partial charge in [0.25, 0.3) is 0 Å². The average Bonchev–Trinajstić information content (AvgIpc) is 2.38. The Morgan fingerprint density at radius 3 is 2.76 bits per heavy atom. The van der Waals surface area contributed by atoms with Crippen LogP contribution in [-0.2, 0) is 6.61 Å². The first-order chi connectivity index (χ1) is 8.27. The Hall–Kier alpha value is -2.36. The predicted molar refractivity (Wildman–Crippen MR) is 59.3 cm³/mol. The molecule has 0 N–H and O–H groups in total. The molecule has 0 fully saturated rings. The first kappa shape index (κ1) is 11.1. The van der Waals surface area contributed by atoms with Crippen LogP contribution in [0.25, 0.3) is 0 Å². The van der Waals surface area contributed by atoms with Gasteiger partial charge in [-0.3, -0.25) is 4.98 Å². The van der Waals surface area contributed by atoms with Gasteiger partial charge in [-0.25, -0.2) is 0 Å². The molecule has 0 amide bonds. The minimum absolute atomic E-state index is 0.0522. The van der Waals surface area contributed by atoms with Gasteiger partial charge in [-0.15, -0.1) is 0 Å². The molecule has 1 aromatic heterocycles. The normalized spacial score (nSPS) is 9.88. The van der Waals surface area contributed by atoms with Gasteiger partial charge in [-0.05, 0) is 18.2 Å². The molecule has 1 heterocycles. The van der Waals surface area contributed by atoms with E-state index >= 15 is 0 Å². The summed E-state index contributed by atoms with van der Waals surface area (Å²) >= 11 is 0. The molecule has 0 bridgehead atoms. The van der Waals surface area contributed by atoms with Gasteiger partial charge >= 0.3 is 0 Å². The second kappa shape index (κ2) is 5.12. The van der Waals surface area contributed by atoms with Gasteiger partial charge in [0.05, 0.1) is 5.97 Å². The number of rotatable bonds is 4. The van der Waals surface area contributed by atoms with Crippen molar-refractivity contribution in [3.8, 4) is 5.75 Å². The number of ether oxygens (including phenoxy) is 1. The Morgan fingerprint density at radius 1 is 1.24 bits per heavy atom. The minimum Gasteiger partial charge on any atom is -0.545 e. The minimum atomic E-state index is -1.24. The molecule has 0 atom stereocenters. The predicted octanol–water partition coefficient (Wildman–Crippen LogP) is 1.02. The molecule has 0 aliphatic heterocycles. The van der Waals surface area contributed by atoms with Crippen LogP contribution in [0.4, 0.5) is 0 Å². The number of hydrogen-bond acceptors (Lipinski definition) is 4. The number of hydrogen-bond donors (Lipinski definition) is 0. The number of carboxylic acids is 1. The van der Waals surface area contributed by atoms with E-state index in [-0.39, 0.29) is 12.2 Å². The molecule has 0 aliphatic rings. The first-order valence-corrected chi connectivity index (χ1v) is 5.09. The summed E-state index contributed by atoms with van der Waals surface area (Å²) in [7, 11) is 0. The van der Waals surface area contributed by atoms with E-state index in [0.29, 0.717) is 5.75 Å². The summed E-state index contributed by atoms with van der Waals surface area (Å²) in [5.41, 5.74) is 0.928. The summed E-state index contributed by atoms with van der Waals surface area (Å²) < 4.78 is 5.42. The van der Waals surface area contributed by atoms with Gasteiger partial charge in [-0.1, -0.05) is 18.2 Å². The summed E-state index contributed by atoms with van der Waals surface area (Å²) in [5.74, 6) is -0.942. The van der Waals surface area contributed by atoms with Gasteiger partial charge in [0.2, 0.25) is 0 Å². The van der Waals surface area contributed by atoms with E-state index in [1.165, 1.54) is 6.07 Å². The lowest BCUT2D eigenvalue weighted by Crippen LogP contribution is -2.23. The number of carbonyl (C=O) groups is 1. The van der Waals surface area contributed by atoms with Crippen molar-refractivity contribution in [1.29, 1.82) is 0 Å². The van der Waals surface area contributed by atoms with E-state index < -0.39 is 5.97 Å². The van der Waals surface area contributed by atoms with Crippen LogP contribution in [0.5, 0.6) is 5.75 Å². The van der Waals surface area contributed by atoms with Crippen LogP contribution < -0.4 is 9.84 Å². The number of para-hydroxylation sites is 1. The second-order valence-electron chi connectivity index (χ2n) is 3.43. The lowest BCUT2D eigenvalue weighted by Gasteiger charge is -2.11. The Labute approximate surface area is 98.5 Å². The number of carboxylic acid groups (broad SMARTS) is 1. The van der Waals surface area contributed by atoms with Crippen molar-refractivity contribution >= 4 is 5.97 Å². The van der Waals surface area contributed by atoms with Crippen LogP contribution in [0.2, 0.25) is 0 Å². The van der Waals surface area contributed by atoms with Gasteiger partial charge in [-0.2, -0.15) is 0 Å².